The minimum absolute atomic E-state index is 0.0246. The molecule has 1 atom stereocenters. The van der Waals surface area contributed by atoms with E-state index in [1.807, 2.05) is 19.1 Å². The summed E-state index contributed by atoms with van der Waals surface area (Å²) in [6.45, 7) is 4.00. The van der Waals surface area contributed by atoms with Crippen LogP contribution in [0.1, 0.15) is 30.4 Å². The lowest BCUT2D eigenvalue weighted by Crippen LogP contribution is -2.37. The summed E-state index contributed by atoms with van der Waals surface area (Å²) in [6.07, 6.45) is 3.42. The number of hydrogen-bond acceptors (Lipinski definition) is 4. The van der Waals surface area contributed by atoms with Crippen molar-refractivity contribution in [1.82, 2.24) is 9.62 Å². The molecule has 6 heteroatoms. The van der Waals surface area contributed by atoms with Crippen LogP contribution >= 0.6 is 0 Å². The number of nitrogens with two attached hydrogens (primary N) is 1. The van der Waals surface area contributed by atoms with Gasteiger partial charge in [0, 0.05) is 31.7 Å². The SMILES string of the molecule is Cc1ccc(CN)cc1S(=O)(=O)NC1CCN(C2CC2)C1. The quantitative estimate of drug-likeness (QED) is 0.850. The summed E-state index contributed by atoms with van der Waals surface area (Å²) in [5, 5.41) is 0. The Balaban J connectivity index is 1.74. The first-order valence-corrected chi connectivity index (χ1v) is 9.04. The van der Waals surface area contributed by atoms with Crippen molar-refractivity contribution in [1.29, 1.82) is 0 Å². The third-order valence-electron chi connectivity index (χ3n) is 4.38. The molecule has 0 amide bonds. The molecular formula is C15H23N3O2S. The monoisotopic (exact) mass is 309 g/mol. The first kappa shape index (κ1) is 15.0. The van der Waals surface area contributed by atoms with E-state index in [0.717, 1.165) is 30.6 Å². The second-order valence-electron chi connectivity index (χ2n) is 6.14. The van der Waals surface area contributed by atoms with Gasteiger partial charge in [0.2, 0.25) is 10.0 Å². The molecule has 2 fully saturated rings. The molecule has 3 N–H and O–H groups in total. The van der Waals surface area contributed by atoms with Gasteiger partial charge in [-0.05, 0) is 43.4 Å². The number of nitrogens with zero attached hydrogens (tertiary/aromatic N) is 1. The third-order valence-corrected chi connectivity index (χ3v) is 6.05. The van der Waals surface area contributed by atoms with E-state index in [9.17, 15) is 8.42 Å². The van der Waals surface area contributed by atoms with Gasteiger partial charge >= 0.3 is 0 Å². The minimum Gasteiger partial charge on any atom is -0.326 e. The first-order chi connectivity index (χ1) is 9.99. The molecule has 0 radical (unpaired) electrons. The molecule has 5 nitrogen and oxygen atoms in total. The molecule has 2 aliphatic rings. The predicted octanol–water partition coefficient (Wildman–Crippen LogP) is 0.969. The summed E-state index contributed by atoms with van der Waals surface area (Å²) in [4.78, 5) is 2.76. The number of hydrogen-bond donors (Lipinski definition) is 2. The summed E-state index contributed by atoms with van der Waals surface area (Å²) in [6, 6.07) is 6.10. The van der Waals surface area contributed by atoms with E-state index in [1.54, 1.807) is 6.07 Å². The number of sulfonamides is 1. The molecule has 0 aromatic heterocycles. The standard InChI is InChI=1S/C15H23N3O2S/c1-11-2-3-12(9-16)8-15(11)21(19,20)17-13-6-7-18(10-13)14-4-5-14/h2-3,8,13-14,17H,4-7,9-10,16H2,1H3. The van der Waals surface area contributed by atoms with Crippen LogP contribution in [0.15, 0.2) is 23.1 Å². The number of aryl methyl sites for hydroxylation is 1. The highest BCUT2D eigenvalue weighted by Gasteiger charge is 2.36. The lowest BCUT2D eigenvalue weighted by molar-refractivity contribution is 0.322. The van der Waals surface area contributed by atoms with Crippen molar-refractivity contribution in [3.05, 3.63) is 29.3 Å². The summed E-state index contributed by atoms with van der Waals surface area (Å²) in [5.41, 5.74) is 7.21. The fourth-order valence-corrected chi connectivity index (χ4v) is 4.56. The zero-order valence-electron chi connectivity index (χ0n) is 12.4. The van der Waals surface area contributed by atoms with Gasteiger partial charge in [-0.15, -0.1) is 0 Å². The second kappa shape index (κ2) is 5.68. The lowest BCUT2D eigenvalue weighted by atomic mass is 10.1. The Hall–Kier alpha value is -0.950. The largest absolute Gasteiger partial charge is 0.326 e. The van der Waals surface area contributed by atoms with Crippen LogP contribution < -0.4 is 10.5 Å². The molecule has 1 saturated heterocycles. The van der Waals surface area contributed by atoms with Gasteiger partial charge in [0.25, 0.3) is 0 Å². The number of rotatable bonds is 5. The first-order valence-electron chi connectivity index (χ1n) is 7.55. The van der Waals surface area contributed by atoms with Crippen molar-refractivity contribution in [3.63, 3.8) is 0 Å². The van der Waals surface area contributed by atoms with Gasteiger partial charge in [0.05, 0.1) is 4.90 Å². The van der Waals surface area contributed by atoms with Crippen molar-refractivity contribution >= 4 is 10.0 Å². The molecular weight excluding hydrogens is 286 g/mol. The van der Waals surface area contributed by atoms with Crippen LogP contribution in [0.2, 0.25) is 0 Å². The third kappa shape index (κ3) is 3.29. The second-order valence-corrected chi connectivity index (χ2v) is 7.82. The van der Waals surface area contributed by atoms with Gasteiger partial charge in [-0.3, -0.25) is 4.90 Å². The molecule has 0 bridgehead atoms. The molecule has 1 aromatic carbocycles. The van der Waals surface area contributed by atoms with Crippen LogP contribution in [0, 0.1) is 6.92 Å². The molecule has 1 aliphatic heterocycles. The van der Waals surface area contributed by atoms with Crippen LogP contribution in [0.3, 0.4) is 0 Å². The van der Waals surface area contributed by atoms with Crippen molar-refractivity contribution in [2.24, 2.45) is 5.73 Å². The topological polar surface area (TPSA) is 75.4 Å². The summed E-state index contributed by atoms with van der Waals surface area (Å²) >= 11 is 0. The van der Waals surface area contributed by atoms with Crippen molar-refractivity contribution < 1.29 is 8.42 Å². The van der Waals surface area contributed by atoms with Crippen LogP contribution in [-0.2, 0) is 16.6 Å². The fourth-order valence-electron chi connectivity index (χ4n) is 3.00. The summed E-state index contributed by atoms with van der Waals surface area (Å²) in [7, 11) is -3.47. The number of nitrogens with one attached hydrogen (secondary N) is 1. The van der Waals surface area contributed by atoms with Crippen LogP contribution in [0.5, 0.6) is 0 Å². The molecule has 1 unspecified atom stereocenters. The maximum atomic E-state index is 12.6. The van der Waals surface area contributed by atoms with E-state index in [4.69, 9.17) is 5.73 Å². The highest BCUT2D eigenvalue weighted by atomic mass is 32.2. The van der Waals surface area contributed by atoms with Crippen molar-refractivity contribution in [2.75, 3.05) is 13.1 Å². The van der Waals surface area contributed by atoms with Crippen LogP contribution in [-0.4, -0.2) is 38.5 Å². The molecule has 1 saturated carbocycles. The van der Waals surface area contributed by atoms with Gasteiger partial charge in [-0.1, -0.05) is 12.1 Å². The Labute approximate surface area is 126 Å². The lowest BCUT2D eigenvalue weighted by Gasteiger charge is -2.17. The zero-order valence-corrected chi connectivity index (χ0v) is 13.2. The molecule has 3 rings (SSSR count). The Morgan fingerprint density at radius 3 is 2.76 bits per heavy atom. The van der Waals surface area contributed by atoms with Gasteiger partial charge in [0.1, 0.15) is 0 Å². The molecule has 1 aliphatic carbocycles. The Morgan fingerprint density at radius 2 is 2.10 bits per heavy atom. The smallest absolute Gasteiger partial charge is 0.241 e. The average Bonchev–Trinajstić information content (AvgIpc) is 3.20. The van der Waals surface area contributed by atoms with Crippen molar-refractivity contribution in [3.8, 4) is 0 Å². The fraction of sp³-hybridized carbons (Fsp3) is 0.600. The predicted molar refractivity (Wildman–Crippen MR) is 82.4 cm³/mol. The zero-order chi connectivity index (χ0) is 15.0. The Bertz CT molecular complexity index is 626. The van der Waals surface area contributed by atoms with E-state index in [2.05, 4.69) is 9.62 Å². The normalized spacial score (nSPS) is 23.6. The van der Waals surface area contributed by atoms with Crippen molar-refractivity contribution in [2.45, 2.75) is 49.7 Å². The van der Waals surface area contributed by atoms with Crippen LogP contribution in [0.4, 0.5) is 0 Å². The summed E-state index contributed by atoms with van der Waals surface area (Å²) in [5.74, 6) is 0. The Morgan fingerprint density at radius 1 is 1.33 bits per heavy atom. The van der Waals surface area contributed by atoms with Gasteiger partial charge in [-0.25, -0.2) is 13.1 Å². The highest BCUT2D eigenvalue weighted by molar-refractivity contribution is 7.89. The van der Waals surface area contributed by atoms with Crippen LogP contribution in [0.25, 0.3) is 0 Å². The maximum absolute atomic E-state index is 12.6. The van der Waals surface area contributed by atoms with Gasteiger partial charge in [0.15, 0.2) is 0 Å². The molecule has 1 heterocycles. The number of likely N-dealkylation sites (tertiary alicyclic amines) is 1. The molecule has 1 aromatic rings. The average molecular weight is 309 g/mol. The van der Waals surface area contributed by atoms with Gasteiger partial charge in [-0.2, -0.15) is 0 Å². The van der Waals surface area contributed by atoms with E-state index >= 15 is 0 Å². The highest BCUT2D eigenvalue weighted by Crippen LogP contribution is 2.30. The maximum Gasteiger partial charge on any atom is 0.241 e. The number of benzene rings is 1. The Kier molecular flexibility index (Phi) is 4.05. The molecule has 0 spiro atoms. The summed E-state index contributed by atoms with van der Waals surface area (Å²) < 4.78 is 28.1. The molecule has 21 heavy (non-hydrogen) atoms. The van der Waals surface area contributed by atoms with E-state index in [1.165, 1.54) is 12.8 Å². The van der Waals surface area contributed by atoms with Gasteiger partial charge < -0.3 is 5.73 Å². The van der Waals surface area contributed by atoms with E-state index < -0.39 is 10.0 Å². The minimum atomic E-state index is -3.47. The van der Waals surface area contributed by atoms with E-state index in [0.29, 0.717) is 17.5 Å². The van der Waals surface area contributed by atoms with E-state index in [-0.39, 0.29) is 6.04 Å². The molecule has 116 valence electrons.